The minimum atomic E-state index is 0.930. The van der Waals surface area contributed by atoms with E-state index in [1.54, 1.807) is 7.11 Å². The fraction of sp³-hybridized carbons (Fsp3) is 0.250. The Labute approximate surface area is 151 Å². The fourth-order valence-electron chi connectivity index (χ4n) is 3.37. The maximum absolute atomic E-state index is 5.74. The third-order valence-corrected chi connectivity index (χ3v) is 4.68. The molecule has 25 heavy (non-hydrogen) atoms. The SMILES string of the molecule is CCc1ccccc1C(=C1C=CCCC=C1)c1ccc(C)cc1OC. The molecule has 0 radical (unpaired) electrons. The molecular weight excluding hydrogens is 304 g/mol. The Hall–Kier alpha value is -2.54. The van der Waals surface area contributed by atoms with Gasteiger partial charge in [0.1, 0.15) is 5.75 Å². The van der Waals surface area contributed by atoms with Crippen molar-refractivity contribution >= 4 is 5.57 Å². The molecule has 1 aliphatic carbocycles. The summed E-state index contributed by atoms with van der Waals surface area (Å²) in [5.74, 6) is 0.930. The lowest BCUT2D eigenvalue weighted by molar-refractivity contribution is 0.413. The van der Waals surface area contributed by atoms with E-state index in [0.29, 0.717) is 0 Å². The predicted octanol–water partition coefficient (Wildman–Crippen LogP) is 6.27. The van der Waals surface area contributed by atoms with Crippen molar-refractivity contribution in [2.75, 3.05) is 7.11 Å². The van der Waals surface area contributed by atoms with Crippen LogP contribution in [0.1, 0.15) is 42.0 Å². The fourth-order valence-corrected chi connectivity index (χ4v) is 3.37. The number of hydrogen-bond donors (Lipinski definition) is 0. The van der Waals surface area contributed by atoms with Crippen LogP contribution in [0.3, 0.4) is 0 Å². The number of benzene rings is 2. The Bertz CT molecular complexity index is 821. The summed E-state index contributed by atoms with van der Waals surface area (Å²) < 4.78 is 5.74. The molecule has 1 nitrogen and oxygen atoms in total. The third-order valence-electron chi connectivity index (χ3n) is 4.68. The van der Waals surface area contributed by atoms with Gasteiger partial charge in [-0.2, -0.15) is 0 Å². The van der Waals surface area contributed by atoms with E-state index in [1.165, 1.54) is 27.8 Å². The van der Waals surface area contributed by atoms with Gasteiger partial charge in [0.25, 0.3) is 0 Å². The summed E-state index contributed by atoms with van der Waals surface area (Å²) in [7, 11) is 1.76. The first-order valence-corrected chi connectivity index (χ1v) is 9.05. The Morgan fingerprint density at radius 1 is 0.960 bits per heavy atom. The van der Waals surface area contributed by atoms with Crippen molar-refractivity contribution in [1.82, 2.24) is 0 Å². The first-order valence-electron chi connectivity index (χ1n) is 9.05. The first kappa shape index (κ1) is 17.3. The van der Waals surface area contributed by atoms with E-state index in [1.807, 2.05) is 0 Å². The molecule has 0 amide bonds. The van der Waals surface area contributed by atoms with Gasteiger partial charge in [-0.1, -0.05) is 67.6 Å². The quantitative estimate of drug-likeness (QED) is 0.641. The summed E-state index contributed by atoms with van der Waals surface area (Å²) in [6.07, 6.45) is 12.2. The molecule has 128 valence electrons. The molecular formula is C24H26O. The lowest BCUT2D eigenvalue weighted by Crippen LogP contribution is -2.00. The molecule has 0 unspecified atom stereocenters. The van der Waals surface area contributed by atoms with Crippen molar-refractivity contribution in [3.63, 3.8) is 0 Å². The monoisotopic (exact) mass is 330 g/mol. The van der Waals surface area contributed by atoms with E-state index < -0.39 is 0 Å². The highest BCUT2D eigenvalue weighted by Crippen LogP contribution is 2.37. The van der Waals surface area contributed by atoms with Gasteiger partial charge < -0.3 is 4.74 Å². The van der Waals surface area contributed by atoms with Gasteiger partial charge in [-0.05, 0) is 54.5 Å². The second-order valence-electron chi connectivity index (χ2n) is 6.43. The summed E-state index contributed by atoms with van der Waals surface area (Å²) in [6, 6.07) is 15.2. The molecule has 1 heteroatoms. The Morgan fingerprint density at radius 3 is 2.36 bits per heavy atom. The third kappa shape index (κ3) is 3.76. The number of aryl methyl sites for hydroxylation is 2. The highest BCUT2D eigenvalue weighted by molar-refractivity contribution is 5.89. The van der Waals surface area contributed by atoms with Crippen LogP contribution in [0, 0.1) is 6.92 Å². The van der Waals surface area contributed by atoms with E-state index in [0.717, 1.165) is 30.6 Å². The van der Waals surface area contributed by atoms with Crippen LogP contribution in [-0.4, -0.2) is 7.11 Å². The smallest absolute Gasteiger partial charge is 0.126 e. The highest BCUT2D eigenvalue weighted by atomic mass is 16.5. The molecule has 0 atom stereocenters. The Balaban J connectivity index is 2.33. The minimum Gasteiger partial charge on any atom is -0.496 e. The summed E-state index contributed by atoms with van der Waals surface area (Å²) in [4.78, 5) is 0. The van der Waals surface area contributed by atoms with Crippen molar-refractivity contribution in [2.24, 2.45) is 0 Å². The molecule has 0 saturated heterocycles. The first-order chi connectivity index (χ1) is 12.2. The van der Waals surface area contributed by atoms with Gasteiger partial charge in [0.2, 0.25) is 0 Å². The summed E-state index contributed by atoms with van der Waals surface area (Å²) in [5, 5.41) is 0. The lowest BCUT2D eigenvalue weighted by Gasteiger charge is -2.18. The zero-order valence-corrected chi connectivity index (χ0v) is 15.4. The van der Waals surface area contributed by atoms with Crippen LogP contribution in [0.15, 0.2) is 72.3 Å². The van der Waals surface area contributed by atoms with E-state index in [2.05, 4.69) is 80.6 Å². The van der Waals surface area contributed by atoms with Crippen molar-refractivity contribution < 1.29 is 4.74 Å². The molecule has 2 aromatic carbocycles. The summed E-state index contributed by atoms with van der Waals surface area (Å²) >= 11 is 0. The largest absolute Gasteiger partial charge is 0.496 e. The molecule has 0 N–H and O–H groups in total. The zero-order valence-electron chi connectivity index (χ0n) is 15.4. The standard InChI is InChI=1S/C24H26O/c1-4-19-11-9-10-14-21(19)24(20-12-7-5-6-8-13-20)22-16-15-18(2)17-23(22)25-3/h7-17H,4-6H2,1-3H3. The van der Waals surface area contributed by atoms with Gasteiger partial charge in [0.05, 0.1) is 7.11 Å². The van der Waals surface area contributed by atoms with Gasteiger partial charge in [-0.15, -0.1) is 0 Å². The van der Waals surface area contributed by atoms with Gasteiger partial charge in [-0.3, -0.25) is 0 Å². The molecule has 1 aliphatic rings. The van der Waals surface area contributed by atoms with Gasteiger partial charge in [-0.25, -0.2) is 0 Å². The van der Waals surface area contributed by atoms with Crippen LogP contribution in [-0.2, 0) is 6.42 Å². The maximum atomic E-state index is 5.74. The van der Waals surface area contributed by atoms with Gasteiger partial charge in [0, 0.05) is 11.1 Å². The molecule has 0 fully saturated rings. The molecule has 0 saturated carbocycles. The Kier molecular flexibility index (Phi) is 5.55. The van der Waals surface area contributed by atoms with Gasteiger partial charge >= 0.3 is 0 Å². The zero-order chi connectivity index (χ0) is 17.6. The van der Waals surface area contributed by atoms with Gasteiger partial charge in [0.15, 0.2) is 0 Å². The second-order valence-corrected chi connectivity index (χ2v) is 6.43. The molecule has 0 heterocycles. The average Bonchev–Trinajstić information content (AvgIpc) is 2.93. The van der Waals surface area contributed by atoms with Crippen LogP contribution >= 0.6 is 0 Å². The molecule has 0 spiro atoms. The molecule has 0 aromatic heterocycles. The summed E-state index contributed by atoms with van der Waals surface area (Å²) in [6.45, 7) is 4.32. The number of rotatable bonds is 4. The number of allylic oxidation sites excluding steroid dienone is 5. The number of hydrogen-bond acceptors (Lipinski definition) is 1. The van der Waals surface area contributed by atoms with Crippen molar-refractivity contribution in [3.05, 3.63) is 94.6 Å². The van der Waals surface area contributed by atoms with Crippen LogP contribution in [0.2, 0.25) is 0 Å². The van der Waals surface area contributed by atoms with E-state index in [-0.39, 0.29) is 0 Å². The topological polar surface area (TPSA) is 9.23 Å². The second kappa shape index (κ2) is 8.02. The average molecular weight is 330 g/mol. The minimum absolute atomic E-state index is 0.930. The van der Waals surface area contributed by atoms with Crippen LogP contribution < -0.4 is 4.74 Å². The lowest BCUT2D eigenvalue weighted by atomic mass is 9.88. The highest BCUT2D eigenvalue weighted by Gasteiger charge is 2.16. The van der Waals surface area contributed by atoms with Crippen LogP contribution in [0.25, 0.3) is 5.57 Å². The van der Waals surface area contributed by atoms with Crippen molar-refractivity contribution in [3.8, 4) is 5.75 Å². The van der Waals surface area contributed by atoms with Crippen molar-refractivity contribution in [1.29, 1.82) is 0 Å². The molecule has 3 rings (SSSR count). The molecule has 0 bridgehead atoms. The van der Waals surface area contributed by atoms with E-state index >= 15 is 0 Å². The van der Waals surface area contributed by atoms with Crippen LogP contribution in [0.5, 0.6) is 5.75 Å². The number of ether oxygens (including phenoxy) is 1. The van der Waals surface area contributed by atoms with Crippen molar-refractivity contribution in [2.45, 2.75) is 33.1 Å². The number of methoxy groups -OCH3 is 1. The Morgan fingerprint density at radius 2 is 1.68 bits per heavy atom. The normalized spacial score (nSPS) is 13.6. The van der Waals surface area contributed by atoms with E-state index in [9.17, 15) is 0 Å². The molecule has 2 aromatic rings. The summed E-state index contributed by atoms with van der Waals surface area (Å²) in [5.41, 5.74) is 7.52. The molecule has 0 aliphatic heterocycles. The van der Waals surface area contributed by atoms with Crippen LogP contribution in [0.4, 0.5) is 0 Å². The maximum Gasteiger partial charge on any atom is 0.126 e. The van der Waals surface area contributed by atoms with E-state index in [4.69, 9.17) is 4.74 Å². The predicted molar refractivity (Wildman–Crippen MR) is 107 cm³/mol.